The van der Waals surface area contributed by atoms with Gasteiger partial charge in [0.05, 0.1) is 12.7 Å². The fraction of sp³-hybridized carbons (Fsp3) is 0.400. The van der Waals surface area contributed by atoms with Gasteiger partial charge in [0.2, 0.25) is 0 Å². The van der Waals surface area contributed by atoms with Crippen LogP contribution in [-0.4, -0.2) is 17.2 Å². The Bertz CT molecular complexity index is 476. The third-order valence-electron chi connectivity index (χ3n) is 3.19. The Hall–Kier alpha value is -1.68. The Morgan fingerprint density at radius 3 is 2.79 bits per heavy atom. The highest BCUT2D eigenvalue weighted by Gasteiger charge is 2.15. The Kier molecular flexibility index (Phi) is 4.68. The van der Waals surface area contributed by atoms with Crippen molar-refractivity contribution in [3.8, 4) is 0 Å². The Morgan fingerprint density at radius 2 is 2.11 bits per heavy atom. The molecule has 102 valence electrons. The first kappa shape index (κ1) is 13.7. The molecule has 1 aliphatic carbocycles. The van der Waals surface area contributed by atoms with Crippen LogP contribution in [0.15, 0.2) is 24.3 Å². The van der Waals surface area contributed by atoms with Crippen molar-refractivity contribution in [2.45, 2.75) is 38.4 Å². The van der Waals surface area contributed by atoms with Crippen molar-refractivity contribution >= 4 is 12.0 Å². The lowest BCUT2D eigenvalue weighted by molar-refractivity contribution is -0.131. The van der Waals surface area contributed by atoms with Gasteiger partial charge in [-0.1, -0.05) is 12.8 Å². The van der Waals surface area contributed by atoms with Gasteiger partial charge in [-0.3, -0.25) is 0 Å². The fourth-order valence-electron chi connectivity index (χ4n) is 2.29. The molecule has 0 aliphatic heterocycles. The van der Waals surface area contributed by atoms with Crippen LogP contribution < -0.4 is 0 Å². The van der Waals surface area contributed by atoms with Gasteiger partial charge in [0.15, 0.2) is 0 Å². The van der Waals surface area contributed by atoms with Gasteiger partial charge in [0.1, 0.15) is 5.82 Å². The van der Waals surface area contributed by atoms with Crippen LogP contribution in [0.1, 0.15) is 36.8 Å². The molecule has 0 unspecified atom stereocenters. The molecule has 0 heterocycles. The molecule has 1 fully saturated rings. The van der Waals surface area contributed by atoms with Gasteiger partial charge in [0.25, 0.3) is 0 Å². The number of carboxylic acid groups (broad SMARTS) is 1. The minimum atomic E-state index is -1.05. The van der Waals surface area contributed by atoms with Crippen molar-refractivity contribution in [2.24, 2.45) is 0 Å². The Balaban J connectivity index is 2.01. The average molecular weight is 264 g/mol. The summed E-state index contributed by atoms with van der Waals surface area (Å²) in [4.78, 5) is 10.4. The largest absolute Gasteiger partial charge is 0.478 e. The molecule has 2 rings (SSSR count). The van der Waals surface area contributed by atoms with Crippen molar-refractivity contribution in [2.75, 3.05) is 0 Å². The summed E-state index contributed by atoms with van der Waals surface area (Å²) in [5.74, 6) is -1.43. The van der Waals surface area contributed by atoms with E-state index >= 15 is 0 Å². The van der Waals surface area contributed by atoms with Gasteiger partial charge in [-0.15, -0.1) is 0 Å². The third kappa shape index (κ3) is 4.48. The van der Waals surface area contributed by atoms with E-state index in [-0.39, 0.29) is 11.9 Å². The van der Waals surface area contributed by atoms with E-state index in [1.807, 2.05) is 0 Å². The Labute approximate surface area is 111 Å². The zero-order chi connectivity index (χ0) is 13.7. The number of carboxylic acids is 1. The maximum absolute atomic E-state index is 13.4. The molecule has 1 saturated carbocycles. The number of benzene rings is 1. The van der Waals surface area contributed by atoms with Crippen LogP contribution in [0, 0.1) is 5.82 Å². The Morgan fingerprint density at radius 1 is 1.37 bits per heavy atom. The monoisotopic (exact) mass is 264 g/mol. The van der Waals surface area contributed by atoms with Crippen LogP contribution in [-0.2, 0) is 16.1 Å². The molecule has 0 spiro atoms. The summed E-state index contributed by atoms with van der Waals surface area (Å²) in [5.41, 5.74) is 1.27. The van der Waals surface area contributed by atoms with E-state index in [1.165, 1.54) is 31.1 Å². The van der Waals surface area contributed by atoms with Gasteiger partial charge in [-0.2, -0.15) is 0 Å². The lowest BCUT2D eigenvalue weighted by atomic mass is 10.1. The average Bonchev–Trinajstić information content (AvgIpc) is 2.86. The van der Waals surface area contributed by atoms with E-state index in [9.17, 15) is 9.18 Å². The van der Waals surface area contributed by atoms with E-state index < -0.39 is 5.97 Å². The molecular weight excluding hydrogens is 247 g/mol. The second-order valence-corrected chi connectivity index (χ2v) is 4.78. The number of rotatable bonds is 5. The van der Waals surface area contributed by atoms with Gasteiger partial charge >= 0.3 is 5.97 Å². The highest BCUT2D eigenvalue weighted by Crippen LogP contribution is 2.22. The van der Waals surface area contributed by atoms with Crippen molar-refractivity contribution in [1.82, 2.24) is 0 Å². The molecule has 1 aromatic carbocycles. The SMILES string of the molecule is O=C(O)C=Cc1cc(F)cc(COC2CCCC2)c1. The molecule has 0 amide bonds. The molecule has 0 bridgehead atoms. The maximum Gasteiger partial charge on any atom is 0.328 e. The van der Waals surface area contributed by atoms with Crippen LogP contribution in [0.5, 0.6) is 0 Å². The van der Waals surface area contributed by atoms with E-state index in [1.54, 1.807) is 6.07 Å². The summed E-state index contributed by atoms with van der Waals surface area (Å²) in [7, 11) is 0. The number of aliphatic carboxylic acids is 1. The van der Waals surface area contributed by atoms with Crippen molar-refractivity contribution < 1.29 is 19.0 Å². The summed E-state index contributed by atoms with van der Waals surface area (Å²) < 4.78 is 19.1. The van der Waals surface area contributed by atoms with E-state index in [4.69, 9.17) is 9.84 Å². The third-order valence-corrected chi connectivity index (χ3v) is 3.19. The van der Waals surface area contributed by atoms with Gasteiger partial charge in [-0.25, -0.2) is 9.18 Å². The normalized spacial score (nSPS) is 16.3. The molecule has 3 nitrogen and oxygen atoms in total. The van der Waals surface area contributed by atoms with Crippen LogP contribution in [0.25, 0.3) is 6.08 Å². The lowest BCUT2D eigenvalue weighted by Gasteiger charge is -2.11. The lowest BCUT2D eigenvalue weighted by Crippen LogP contribution is -2.07. The number of hydrogen-bond acceptors (Lipinski definition) is 2. The summed E-state index contributed by atoms with van der Waals surface area (Å²) >= 11 is 0. The standard InChI is InChI=1S/C15H17FO3/c16-13-8-11(5-6-15(17)18)7-12(9-13)10-19-14-3-1-2-4-14/h5-9,14H,1-4,10H2,(H,17,18). The molecule has 4 heteroatoms. The summed E-state index contributed by atoms with van der Waals surface area (Å²) in [6.45, 7) is 0.371. The number of hydrogen-bond donors (Lipinski definition) is 1. The zero-order valence-corrected chi connectivity index (χ0v) is 10.6. The number of ether oxygens (including phenoxy) is 1. The first-order valence-electron chi connectivity index (χ1n) is 6.45. The first-order valence-corrected chi connectivity index (χ1v) is 6.45. The zero-order valence-electron chi connectivity index (χ0n) is 10.6. The minimum Gasteiger partial charge on any atom is -0.478 e. The predicted molar refractivity (Wildman–Crippen MR) is 70.1 cm³/mol. The quantitative estimate of drug-likeness (QED) is 0.829. The molecule has 1 aromatic rings. The van der Waals surface area contributed by atoms with E-state index in [0.29, 0.717) is 12.2 Å². The number of halogens is 1. The summed E-state index contributed by atoms with van der Waals surface area (Å²) in [6, 6.07) is 4.48. The highest BCUT2D eigenvalue weighted by atomic mass is 19.1. The molecule has 0 atom stereocenters. The topological polar surface area (TPSA) is 46.5 Å². The van der Waals surface area contributed by atoms with Gasteiger partial charge < -0.3 is 9.84 Å². The van der Waals surface area contributed by atoms with E-state index in [2.05, 4.69) is 0 Å². The molecule has 1 N–H and O–H groups in total. The highest BCUT2D eigenvalue weighted by molar-refractivity contribution is 5.85. The molecule has 0 radical (unpaired) electrons. The molecule has 0 saturated heterocycles. The van der Waals surface area contributed by atoms with Crippen LogP contribution in [0.3, 0.4) is 0 Å². The molecule has 0 aromatic heterocycles. The van der Waals surface area contributed by atoms with Crippen LogP contribution >= 0.6 is 0 Å². The minimum absolute atomic E-state index is 0.279. The van der Waals surface area contributed by atoms with Crippen molar-refractivity contribution in [3.05, 3.63) is 41.2 Å². The van der Waals surface area contributed by atoms with Crippen molar-refractivity contribution in [1.29, 1.82) is 0 Å². The molecular formula is C15H17FO3. The first-order chi connectivity index (χ1) is 9.13. The van der Waals surface area contributed by atoms with Crippen LogP contribution in [0.4, 0.5) is 4.39 Å². The second-order valence-electron chi connectivity index (χ2n) is 4.78. The summed E-state index contributed by atoms with van der Waals surface area (Å²) in [5, 5.41) is 8.56. The predicted octanol–water partition coefficient (Wildman–Crippen LogP) is 3.38. The maximum atomic E-state index is 13.4. The smallest absolute Gasteiger partial charge is 0.328 e. The van der Waals surface area contributed by atoms with Crippen LogP contribution in [0.2, 0.25) is 0 Å². The molecule has 19 heavy (non-hydrogen) atoms. The van der Waals surface area contributed by atoms with Gasteiger partial charge in [-0.05, 0) is 48.2 Å². The molecule has 1 aliphatic rings. The number of carbonyl (C=O) groups is 1. The fourth-order valence-corrected chi connectivity index (χ4v) is 2.29. The van der Waals surface area contributed by atoms with E-state index in [0.717, 1.165) is 24.5 Å². The van der Waals surface area contributed by atoms with Gasteiger partial charge in [0, 0.05) is 6.08 Å². The second kappa shape index (κ2) is 6.48. The van der Waals surface area contributed by atoms with Crippen molar-refractivity contribution in [3.63, 3.8) is 0 Å². The summed E-state index contributed by atoms with van der Waals surface area (Å²) in [6.07, 6.45) is 7.19.